The van der Waals surface area contributed by atoms with Gasteiger partial charge >= 0.3 is 0 Å². The van der Waals surface area contributed by atoms with Gasteiger partial charge in [-0.2, -0.15) is 4.39 Å². The number of halogens is 1. The molecule has 4 aromatic rings. The Labute approximate surface area is 178 Å². The number of nitrogens with zero attached hydrogens (tertiary/aromatic N) is 3. The van der Waals surface area contributed by atoms with Crippen molar-refractivity contribution < 1.29 is 14.3 Å². The fraction of sp³-hybridized carbons (Fsp3) is 0.167. The van der Waals surface area contributed by atoms with E-state index in [2.05, 4.69) is 20.3 Å². The normalized spacial score (nSPS) is 12.0. The molecule has 3 aromatic heterocycles. The van der Waals surface area contributed by atoms with E-state index < -0.39 is 12.1 Å². The molecular weight excluding hydrogens is 395 g/mol. The van der Waals surface area contributed by atoms with Gasteiger partial charge in [-0.1, -0.05) is 12.1 Å². The van der Waals surface area contributed by atoms with Gasteiger partial charge < -0.3 is 10.4 Å². The Balaban J connectivity index is 1.53. The van der Waals surface area contributed by atoms with Crippen molar-refractivity contribution in [3.05, 3.63) is 89.1 Å². The number of benzene rings is 1. The summed E-state index contributed by atoms with van der Waals surface area (Å²) < 4.78 is 13.4. The lowest BCUT2D eigenvalue weighted by Crippen LogP contribution is -2.23. The predicted molar refractivity (Wildman–Crippen MR) is 116 cm³/mol. The van der Waals surface area contributed by atoms with Crippen LogP contribution >= 0.6 is 0 Å². The van der Waals surface area contributed by atoms with Crippen LogP contribution in [0, 0.1) is 12.9 Å². The third-order valence-electron chi connectivity index (χ3n) is 5.03. The number of aliphatic hydroxyl groups is 1. The molecule has 1 aromatic carbocycles. The molecule has 4 rings (SSSR count). The Bertz CT molecular complexity index is 1270. The number of pyridine rings is 3. The lowest BCUT2D eigenvalue weighted by molar-refractivity contribution is 0.0950. The van der Waals surface area contributed by atoms with E-state index >= 15 is 0 Å². The minimum atomic E-state index is -0.650. The maximum absolute atomic E-state index is 13.4. The van der Waals surface area contributed by atoms with Gasteiger partial charge in [-0.3, -0.25) is 9.78 Å². The van der Waals surface area contributed by atoms with Crippen molar-refractivity contribution in [1.82, 2.24) is 20.3 Å². The van der Waals surface area contributed by atoms with E-state index in [1.54, 1.807) is 49.5 Å². The first-order valence-corrected chi connectivity index (χ1v) is 9.86. The van der Waals surface area contributed by atoms with Crippen molar-refractivity contribution in [2.75, 3.05) is 0 Å². The second-order valence-corrected chi connectivity index (χ2v) is 7.34. The number of nitrogens with one attached hydrogen (secondary N) is 1. The van der Waals surface area contributed by atoms with Gasteiger partial charge in [0.1, 0.15) is 0 Å². The van der Waals surface area contributed by atoms with E-state index in [9.17, 15) is 14.3 Å². The monoisotopic (exact) mass is 416 g/mol. The zero-order valence-corrected chi connectivity index (χ0v) is 17.1. The number of fused-ring (bicyclic) bond motifs is 1. The Morgan fingerprint density at radius 1 is 1.10 bits per heavy atom. The number of aliphatic hydroxyl groups excluding tert-OH is 1. The number of amides is 1. The van der Waals surface area contributed by atoms with Crippen molar-refractivity contribution in [3.8, 4) is 11.4 Å². The first-order valence-electron chi connectivity index (χ1n) is 9.86. The first kappa shape index (κ1) is 20.6. The topological polar surface area (TPSA) is 88.0 Å². The molecular formula is C24H21FN4O2. The molecule has 0 saturated carbocycles. The minimum Gasteiger partial charge on any atom is -0.389 e. The molecule has 6 nitrogen and oxygen atoms in total. The molecule has 0 fully saturated rings. The predicted octanol–water partition coefficient (Wildman–Crippen LogP) is 4.12. The highest BCUT2D eigenvalue weighted by molar-refractivity contribution is 5.94. The minimum absolute atomic E-state index is 0.219. The van der Waals surface area contributed by atoms with Crippen LogP contribution in [-0.2, 0) is 6.54 Å². The lowest BCUT2D eigenvalue weighted by atomic mass is 10.0. The number of hydrogen-bond donors (Lipinski definition) is 2. The highest BCUT2D eigenvalue weighted by Gasteiger charge is 2.12. The number of aryl methyl sites for hydroxylation is 1. The van der Waals surface area contributed by atoms with Crippen molar-refractivity contribution >= 4 is 16.8 Å². The summed E-state index contributed by atoms with van der Waals surface area (Å²) in [5.74, 6) is -0.818. The highest BCUT2D eigenvalue weighted by atomic mass is 19.1. The Hall–Kier alpha value is -3.71. The molecule has 1 atom stereocenters. The fourth-order valence-electron chi connectivity index (χ4n) is 3.35. The summed E-state index contributed by atoms with van der Waals surface area (Å²) in [5, 5.41) is 13.5. The van der Waals surface area contributed by atoms with Gasteiger partial charge in [0.15, 0.2) is 0 Å². The van der Waals surface area contributed by atoms with E-state index in [1.807, 2.05) is 19.1 Å². The second-order valence-electron chi connectivity index (χ2n) is 7.34. The summed E-state index contributed by atoms with van der Waals surface area (Å²) in [5.41, 5.74) is 4.44. The SMILES string of the molecule is Cc1ccc(C(=O)NCc2cc3nc(-c4cccc(F)n4)ccc3cn2)cc1[C@@H](C)O. The van der Waals surface area contributed by atoms with Gasteiger partial charge in [0.25, 0.3) is 5.91 Å². The lowest BCUT2D eigenvalue weighted by Gasteiger charge is -2.11. The second kappa shape index (κ2) is 8.57. The number of carbonyl (C=O) groups is 1. The van der Waals surface area contributed by atoms with Gasteiger partial charge in [0.2, 0.25) is 5.95 Å². The van der Waals surface area contributed by atoms with Crippen molar-refractivity contribution in [2.24, 2.45) is 0 Å². The zero-order valence-electron chi connectivity index (χ0n) is 17.1. The molecule has 2 N–H and O–H groups in total. The van der Waals surface area contributed by atoms with Crippen molar-refractivity contribution in [3.63, 3.8) is 0 Å². The largest absolute Gasteiger partial charge is 0.389 e. The zero-order chi connectivity index (χ0) is 22.0. The molecule has 0 unspecified atom stereocenters. The molecule has 3 heterocycles. The molecule has 0 saturated heterocycles. The summed E-state index contributed by atoms with van der Waals surface area (Å²) in [6.07, 6.45) is 1.03. The van der Waals surface area contributed by atoms with E-state index in [0.717, 1.165) is 16.5 Å². The first-order chi connectivity index (χ1) is 14.9. The maximum Gasteiger partial charge on any atom is 0.251 e. The third kappa shape index (κ3) is 4.57. The van der Waals surface area contributed by atoms with Gasteiger partial charge in [-0.15, -0.1) is 0 Å². The van der Waals surface area contributed by atoms with E-state index in [0.29, 0.717) is 28.2 Å². The quantitative estimate of drug-likeness (QED) is 0.478. The summed E-state index contributed by atoms with van der Waals surface area (Å²) in [4.78, 5) is 25.4. The summed E-state index contributed by atoms with van der Waals surface area (Å²) in [6, 6.07) is 15.2. The van der Waals surface area contributed by atoms with E-state index in [4.69, 9.17) is 0 Å². The number of hydrogen-bond acceptors (Lipinski definition) is 5. The average Bonchev–Trinajstić information content (AvgIpc) is 2.77. The van der Waals surface area contributed by atoms with Crippen LogP contribution in [0.5, 0.6) is 0 Å². The van der Waals surface area contributed by atoms with Crippen LogP contribution in [0.1, 0.15) is 40.2 Å². The third-order valence-corrected chi connectivity index (χ3v) is 5.03. The van der Waals surface area contributed by atoms with E-state index in [1.165, 1.54) is 6.07 Å². The van der Waals surface area contributed by atoms with Crippen molar-refractivity contribution in [1.29, 1.82) is 0 Å². The molecule has 7 heteroatoms. The molecule has 0 bridgehead atoms. The fourth-order valence-corrected chi connectivity index (χ4v) is 3.35. The van der Waals surface area contributed by atoms with Crippen LogP contribution in [0.25, 0.3) is 22.3 Å². The number of carbonyl (C=O) groups excluding carboxylic acids is 1. The van der Waals surface area contributed by atoms with Crippen LogP contribution in [-0.4, -0.2) is 26.0 Å². The maximum atomic E-state index is 13.4. The molecule has 0 aliphatic rings. The molecule has 0 spiro atoms. The molecule has 31 heavy (non-hydrogen) atoms. The van der Waals surface area contributed by atoms with Crippen LogP contribution in [0.2, 0.25) is 0 Å². The van der Waals surface area contributed by atoms with Gasteiger partial charge in [0, 0.05) is 17.1 Å². The van der Waals surface area contributed by atoms with E-state index in [-0.39, 0.29) is 12.5 Å². The Morgan fingerprint density at radius 3 is 2.68 bits per heavy atom. The van der Waals surface area contributed by atoms with Gasteiger partial charge in [0.05, 0.1) is 35.2 Å². The standard InChI is InChI=1S/C24H21FN4O2/c1-14-6-7-16(10-19(14)15(2)30)24(31)27-13-18-11-22-17(12-26-18)8-9-21(28-22)20-4-3-5-23(25)29-20/h3-12,15,30H,13H2,1-2H3,(H,27,31)/t15-/m1/s1. The Morgan fingerprint density at radius 2 is 1.90 bits per heavy atom. The summed E-state index contributed by atoms with van der Waals surface area (Å²) in [6.45, 7) is 3.78. The molecule has 0 aliphatic carbocycles. The highest BCUT2D eigenvalue weighted by Crippen LogP contribution is 2.21. The van der Waals surface area contributed by atoms with Gasteiger partial charge in [-0.25, -0.2) is 9.97 Å². The van der Waals surface area contributed by atoms with Crippen LogP contribution in [0.4, 0.5) is 4.39 Å². The van der Waals surface area contributed by atoms with Gasteiger partial charge in [-0.05, 0) is 67.4 Å². The molecule has 156 valence electrons. The Kier molecular flexibility index (Phi) is 5.68. The summed E-state index contributed by atoms with van der Waals surface area (Å²) in [7, 11) is 0. The van der Waals surface area contributed by atoms with Crippen molar-refractivity contribution in [2.45, 2.75) is 26.5 Å². The molecule has 1 amide bonds. The summed E-state index contributed by atoms with van der Waals surface area (Å²) >= 11 is 0. The number of rotatable bonds is 5. The van der Waals surface area contributed by atoms with Crippen LogP contribution in [0.3, 0.4) is 0 Å². The smallest absolute Gasteiger partial charge is 0.251 e. The molecule has 0 radical (unpaired) electrons. The average molecular weight is 416 g/mol. The number of aromatic nitrogens is 3. The van der Waals surface area contributed by atoms with Crippen LogP contribution in [0.15, 0.2) is 60.8 Å². The molecule has 0 aliphatic heterocycles. The van der Waals surface area contributed by atoms with Crippen LogP contribution < -0.4 is 5.32 Å².